The third-order valence-electron chi connectivity index (χ3n) is 2.43. The third-order valence-corrected chi connectivity index (χ3v) is 2.43. The Kier molecular flexibility index (Phi) is 2.37. The van der Waals surface area contributed by atoms with Crippen molar-refractivity contribution in [1.82, 2.24) is 9.97 Å². The normalized spacial score (nSPS) is 20.7. The van der Waals surface area contributed by atoms with Crippen molar-refractivity contribution >= 4 is 11.7 Å². The lowest BCUT2D eigenvalue weighted by Gasteiger charge is -2.12. The largest absolute Gasteiger partial charge is 0.324 e. The van der Waals surface area contributed by atoms with E-state index < -0.39 is 0 Å². The summed E-state index contributed by atoms with van der Waals surface area (Å²) in [5, 5.41) is 0. The first kappa shape index (κ1) is 9.64. The van der Waals surface area contributed by atoms with E-state index in [4.69, 9.17) is 0 Å². The van der Waals surface area contributed by atoms with Crippen molar-refractivity contribution in [3.8, 4) is 0 Å². The molecule has 5 nitrogen and oxygen atoms in total. The molecule has 0 aromatic carbocycles. The van der Waals surface area contributed by atoms with Gasteiger partial charge in [0, 0.05) is 31.3 Å². The van der Waals surface area contributed by atoms with E-state index >= 15 is 0 Å². The van der Waals surface area contributed by atoms with Crippen molar-refractivity contribution in [3.63, 3.8) is 0 Å². The first-order valence-corrected chi connectivity index (χ1v) is 4.69. The molecule has 0 saturated carbocycles. The van der Waals surface area contributed by atoms with E-state index in [1.807, 2.05) is 0 Å². The Morgan fingerprint density at radius 2 is 2.40 bits per heavy atom. The van der Waals surface area contributed by atoms with Crippen LogP contribution < -0.4 is 10.5 Å². The predicted octanol–water partition coefficient (Wildman–Crippen LogP) is 0.309. The van der Waals surface area contributed by atoms with E-state index in [1.165, 1.54) is 17.3 Å². The van der Waals surface area contributed by atoms with Crippen LogP contribution >= 0.6 is 0 Å². The van der Waals surface area contributed by atoms with Crippen molar-refractivity contribution in [2.75, 3.05) is 11.4 Å². The zero-order valence-corrected chi connectivity index (χ0v) is 8.14. The topological polar surface area (TPSA) is 66.1 Å². The maximum absolute atomic E-state index is 11.6. The summed E-state index contributed by atoms with van der Waals surface area (Å²) in [6.45, 7) is 4.13. The fraction of sp³-hybridized carbons (Fsp3) is 0.300. The summed E-state index contributed by atoms with van der Waals surface area (Å²) in [4.78, 5) is 30.8. The van der Waals surface area contributed by atoms with Crippen molar-refractivity contribution in [1.29, 1.82) is 0 Å². The molecule has 0 radical (unpaired) electrons. The highest BCUT2D eigenvalue weighted by atomic mass is 16.2. The van der Waals surface area contributed by atoms with Crippen LogP contribution in [0.25, 0.3) is 0 Å². The van der Waals surface area contributed by atoms with Gasteiger partial charge in [0.25, 0.3) is 5.56 Å². The van der Waals surface area contributed by atoms with Gasteiger partial charge in [0.15, 0.2) is 0 Å². The van der Waals surface area contributed by atoms with Crippen LogP contribution in [0.4, 0.5) is 5.82 Å². The van der Waals surface area contributed by atoms with Crippen LogP contribution in [-0.2, 0) is 4.79 Å². The van der Waals surface area contributed by atoms with E-state index in [-0.39, 0.29) is 23.2 Å². The summed E-state index contributed by atoms with van der Waals surface area (Å²) in [7, 11) is 0. The van der Waals surface area contributed by atoms with Gasteiger partial charge in [-0.2, -0.15) is 0 Å². The maximum atomic E-state index is 11.6. The number of carbonyl (C=O) groups excluding carboxylic acids is 1. The first-order valence-electron chi connectivity index (χ1n) is 4.69. The molecule has 0 spiro atoms. The number of carbonyl (C=O) groups is 1. The highest BCUT2D eigenvalue weighted by Crippen LogP contribution is 2.21. The highest BCUT2D eigenvalue weighted by Gasteiger charge is 2.30. The number of rotatable bonds is 2. The van der Waals surface area contributed by atoms with Crippen LogP contribution in [0.15, 0.2) is 29.8 Å². The SMILES string of the molecule is C=CC1CC(=O)N(c2ncc[nH]c2=O)C1. The van der Waals surface area contributed by atoms with Gasteiger partial charge in [-0.15, -0.1) is 6.58 Å². The molecule has 1 unspecified atom stereocenters. The van der Waals surface area contributed by atoms with Crippen LogP contribution in [0.1, 0.15) is 6.42 Å². The first-order chi connectivity index (χ1) is 7.22. The Morgan fingerprint density at radius 1 is 1.60 bits per heavy atom. The molecule has 5 heteroatoms. The van der Waals surface area contributed by atoms with Crippen LogP contribution in [0, 0.1) is 5.92 Å². The maximum Gasteiger partial charge on any atom is 0.291 e. The summed E-state index contributed by atoms with van der Waals surface area (Å²) in [6.07, 6.45) is 5.04. The molecule has 1 atom stereocenters. The number of nitrogens with zero attached hydrogens (tertiary/aromatic N) is 2. The summed E-state index contributed by atoms with van der Waals surface area (Å²) >= 11 is 0. The lowest BCUT2D eigenvalue weighted by molar-refractivity contribution is -0.117. The van der Waals surface area contributed by atoms with Gasteiger partial charge in [-0.1, -0.05) is 6.08 Å². The van der Waals surface area contributed by atoms with Crippen LogP contribution in [0.5, 0.6) is 0 Å². The second-order valence-electron chi connectivity index (χ2n) is 3.45. The molecule has 15 heavy (non-hydrogen) atoms. The molecule has 1 amide bonds. The minimum Gasteiger partial charge on any atom is -0.324 e. The zero-order chi connectivity index (χ0) is 10.8. The Balaban J connectivity index is 2.33. The fourth-order valence-electron chi connectivity index (χ4n) is 1.63. The van der Waals surface area contributed by atoms with Gasteiger partial charge in [-0.3, -0.25) is 14.5 Å². The monoisotopic (exact) mass is 205 g/mol. The second kappa shape index (κ2) is 3.68. The average Bonchev–Trinajstić information content (AvgIpc) is 2.60. The predicted molar refractivity (Wildman–Crippen MR) is 55.5 cm³/mol. The van der Waals surface area contributed by atoms with Crippen molar-refractivity contribution < 1.29 is 4.79 Å². The highest BCUT2D eigenvalue weighted by molar-refractivity contribution is 5.94. The van der Waals surface area contributed by atoms with Crippen molar-refractivity contribution in [2.45, 2.75) is 6.42 Å². The molecule has 0 aliphatic carbocycles. The Morgan fingerprint density at radius 3 is 3.00 bits per heavy atom. The molecule has 2 rings (SSSR count). The van der Waals surface area contributed by atoms with Crippen molar-refractivity contribution in [2.24, 2.45) is 5.92 Å². The Hall–Kier alpha value is -1.91. The number of hydrogen-bond donors (Lipinski definition) is 1. The Labute approximate surface area is 86.4 Å². The summed E-state index contributed by atoms with van der Waals surface area (Å²) in [6, 6.07) is 0. The molecular weight excluding hydrogens is 194 g/mol. The van der Waals surface area contributed by atoms with E-state index in [9.17, 15) is 9.59 Å². The van der Waals surface area contributed by atoms with E-state index in [2.05, 4.69) is 16.5 Å². The van der Waals surface area contributed by atoms with Gasteiger partial charge >= 0.3 is 0 Å². The molecule has 1 aliphatic heterocycles. The molecule has 1 aromatic heterocycles. The molecule has 1 N–H and O–H groups in total. The number of aromatic amines is 1. The number of hydrogen-bond acceptors (Lipinski definition) is 3. The smallest absolute Gasteiger partial charge is 0.291 e. The number of H-pyrrole nitrogens is 1. The molecule has 1 saturated heterocycles. The minimum absolute atomic E-state index is 0.0795. The van der Waals surface area contributed by atoms with E-state index in [1.54, 1.807) is 6.08 Å². The second-order valence-corrected chi connectivity index (χ2v) is 3.45. The lowest BCUT2D eigenvalue weighted by atomic mass is 10.1. The summed E-state index contributed by atoms with van der Waals surface area (Å²) < 4.78 is 0. The van der Waals surface area contributed by atoms with Crippen LogP contribution in [0.3, 0.4) is 0 Å². The van der Waals surface area contributed by atoms with E-state index in [0.717, 1.165) is 0 Å². The van der Waals surface area contributed by atoms with Gasteiger partial charge in [-0.05, 0) is 0 Å². The number of nitrogens with one attached hydrogen (secondary N) is 1. The quantitative estimate of drug-likeness (QED) is 0.706. The zero-order valence-electron chi connectivity index (χ0n) is 8.14. The van der Waals surface area contributed by atoms with Gasteiger partial charge in [0.05, 0.1) is 0 Å². The molecule has 78 valence electrons. The average molecular weight is 205 g/mol. The molecule has 2 heterocycles. The lowest BCUT2D eigenvalue weighted by Crippen LogP contribution is -2.31. The summed E-state index contributed by atoms with van der Waals surface area (Å²) in [5.41, 5.74) is -0.337. The van der Waals surface area contributed by atoms with Crippen LogP contribution in [0.2, 0.25) is 0 Å². The molecule has 1 aliphatic rings. The van der Waals surface area contributed by atoms with Crippen molar-refractivity contribution in [3.05, 3.63) is 35.4 Å². The third kappa shape index (κ3) is 1.68. The van der Waals surface area contributed by atoms with Gasteiger partial charge in [-0.25, -0.2) is 4.98 Å². The molecule has 1 aromatic rings. The van der Waals surface area contributed by atoms with E-state index in [0.29, 0.717) is 13.0 Å². The standard InChI is InChI=1S/C10H11N3O2/c1-2-7-5-8(14)13(6-7)9-10(15)12-4-3-11-9/h2-4,7H,1,5-6H2,(H,12,15). The summed E-state index contributed by atoms with van der Waals surface area (Å²) in [5.74, 6) is 0.204. The van der Waals surface area contributed by atoms with Gasteiger partial charge in [0.1, 0.15) is 0 Å². The number of anilines is 1. The molecule has 1 fully saturated rings. The molecule has 0 bridgehead atoms. The number of amides is 1. The van der Waals surface area contributed by atoms with Gasteiger partial charge < -0.3 is 4.98 Å². The van der Waals surface area contributed by atoms with Crippen LogP contribution in [-0.4, -0.2) is 22.4 Å². The van der Waals surface area contributed by atoms with Gasteiger partial charge in [0.2, 0.25) is 11.7 Å². The number of aromatic nitrogens is 2. The fourth-order valence-corrected chi connectivity index (χ4v) is 1.63. The minimum atomic E-state index is -0.337. The molecular formula is C10H11N3O2. The Bertz CT molecular complexity index is 452.